The van der Waals surface area contributed by atoms with Gasteiger partial charge in [-0.3, -0.25) is 4.98 Å². The fraction of sp³-hybridized carbons (Fsp3) is 0.176. The zero-order chi connectivity index (χ0) is 29.4. The minimum atomic E-state index is -0.152. The highest BCUT2D eigenvalue weighted by Crippen LogP contribution is 2.45. The zero-order valence-corrected chi connectivity index (χ0v) is 25.4. The van der Waals surface area contributed by atoms with Gasteiger partial charge in [0.15, 0.2) is 5.11 Å². The Morgan fingerprint density at radius 2 is 1.50 bits per heavy atom. The maximum absolute atomic E-state index is 6.40. The summed E-state index contributed by atoms with van der Waals surface area (Å²) in [7, 11) is 1.65. The second-order valence-electron chi connectivity index (χ2n) is 10.3. The Kier molecular flexibility index (Phi) is 7.62. The Balaban J connectivity index is 1.42. The van der Waals surface area contributed by atoms with Gasteiger partial charge in [0, 0.05) is 39.5 Å². The van der Waals surface area contributed by atoms with Gasteiger partial charge in [-0.1, -0.05) is 23.7 Å². The largest absolute Gasteiger partial charge is 0.497 e. The summed E-state index contributed by atoms with van der Waals surface area (Å²) in [5.74, 6) is 2.25. The summed E-state index contributed by atoms with van der Waals surface area (Å²) >= 11 is 12.4. The van der Waals surface area contributed by atoms with Crippen molar-refractivity contribution in [3.63, 3.8) is 0 Å². The number of rotatable bonds is 7. The fourth-order valence-corrected chi connectivity index (χ4v) is 6.36. The first-order valence-electron chi connectivity index (χ1n) is 13.7. The molecule has 0 amide bonds. The molecule has 42 heavy (non-hydrogen) atoms. The molecule has 8 heteroatoms. The number of anilines is 1. The maximum atomic E-state index is 6.40. The van der Waals surface area contributed by atoms with E-state index in [-0.39, 0.29) is 12.1 Å². The molecule has 3 aromatic carbocycles. The first-order valence-corrected chi connectivity index (χ1v) is 14.5. The van der Waals surface area contributed by atoms with Crippen LogP contribution in [0.4, 0.5) is 5.69 Å². The maximum Gasteiger partial charge on any atom is 0.174 e. The van der Waals surface area contributed by atoms with Crippen LogP contribution in [0.1, 0.15) is 40.3 Å². The Hall–Kier alpha value is -4.33. The minimum absolute atomic E-state index is 0.139. The molecule has 0 radical (unpaired) electrons. The van der Waals surface area contributed by atoms with Crippen LogP contribution in [0.25, 0.3) is 5.69 Å². The molecule has 1 aliphatic heterocycles. The number of hydrogen-bond donors (Lipinski definition) is 1. The normalized spacial score (nSPS) is 16.4. The van der Waals surface area contributed by atoms with Gasteiger partial charge in [-0.15, -0.1) is 0 Å². The van der Waals surface area contributed by atoms with Crippen molar-refractivity contribution in [2.24, 2.45) is 0 Å². The SMILES string of the molecule is COc1ccc(Oc2ccc(N3C(=S)NC(c4ccccn4)C3c3c(C)c(C)n(-c4cccc(Cl)c4)c3C)cc2)cc1. The lowest BCUT2D eigenvalue weighted by Crippen LogP contribution is -2.29. The molecule has 3 heterocycles. The lowest BCUT2D eigenvalue weighted by Gasteiger charge is -2.29. The summed E-state index contributed by atoms with van der Waals surface area (Å²) in [6.45, 7) is 6.50. The molecule has 1 fully saturated rings. The van der Waals surface area contributed by atoms with Crippen LogP contribution in [0.2, 0.25) is 5.02 Å². The monoisotopic (exact) mass is 594 g/mol. The van der Waals surface area contributed by atoms with Crippen LogP contribution in [0.15, 0.2) is 97.2 Å². The van der Waals surface area contributed by atoms with Gasteiger partial charge in [0.1, 0.15) is 17.2 Å². The molecule has 1 saturated heterocycles. The van der Waals surface area contributed by atoms with Crippen molar-refractivity contribution < 1.29 is 9.47 Å². The molecule has 2 aromatic heterocycles. The van der Waals surface area contributed by atoms with Crippen molar-refractivity contribution in [1.29, 1.82) is 0 Å². The third-order valence-electron chi connectivity index (χ3n) is 7.88. The molecule has 6 rings (SSSR count). The molecule has 2 unspecified atom stereocenters. The molecule has 1 aliphatic rings. The number of pyridine rings is 1. The van der Waals surface area contributed by atoms with Crippen molar-refractivity contribution in [2.75, 3.05) is 12.0 Å². The van der Waals surface area contributed by atoms with E-state index in [1.54, 1.807) is 7.11 Å². The third-order valence-corrected chi connectivity index (χ3v) is 8.43. The minimum Gasteiger partial charge on any atom is -0.497 e. The van der Waals surface area contributed by atoms with Crippen LogP contribution in [-0.2, 0) is 0 Å². The number of ether oxygens (including phenoxy) is 2. The zero-order valence-electron chi connectivity index (χ0n) is 23.8. The lowest BCUT2D eigenvalue weighted by molar-refractivity contribution is 0.413. The van der Waals surface area contributed by atoms with Gasteiger partial charge in [0.2, 0.25) is 0 Å². The summed E-state index contributed by atoms with van der Waals surface area (Å²) in [4.78, 5) is 6.93. The predicted octanol–water partition coefficient (Wildman–Crippen LogP) is 8.43. The van der Waals surface area contributed by atoms with E-state index in [1.165, 1.54) is 11.1 Å². The second kappa shape index (κ2) is 11.5. The Bertz CT molecular complexity index is 1740. The van der Waals surface area contributed by atoms with Gasteiger partial charge in [0.25, 0.3) is 0 Å². The van der Waals surface area contributed by atoms with Crippen LogP contribution in [0.5, 0.6) is 17.2 Å². The van der Waals surface area contributed by atoms with Crippen molar-refractivity contribution in [3.8, 4) is 22.9 Å². The molecular formula is C34H31ClN4O2S. The molecule has 2 atom stereocenters. The number of aromatic nitrogens is 2. The summed E-state index contributed by atoms with van der Waals surface area (Å²) in [5.41, 5.74) is 7.62. The average Bonchev–Trinajstić information content (AvgIpc) is 3.45. The summed E-state index contributed by atoms with van der Waals surface area (Å²) in [6, 6.07) is 29.2. The first-order chi connectivity index (χ1) is 20.4. The quantitative estimate of drug-likeness (QED) is 0.191. The van der Waals surface area contributed by atoms with E-state index in [0.717, 1.165) is 45.7 Å². The van der Waals surface area contributed by atoms with Gasteiger partial charge in [-0.2, -0.15) is 0 Å². The van der Waals surface area contributed by atoms with E-state index < -0.39 is 0 Å². The highest BCUT2D eigenvalue weighted by Gasteiger charge is 2.43. The number of nitrogens with one attached hydrogen (secondary N) is 1. The molecule has 5 aromatic rings. The molecule has 212 valence electrons. The van der Waals surface area contributed by atoms with E-state index in [2.05, 4.69) is 41.6 Å². The summed E-state index contributed by atoms with van der Waals surface area (Å²) in [6.07, 6.45) is 1.83. The highest BCUT2D eigenvalue weighted by molar-refractivity contribution is 7.80. The van der Waals surface area contributed by atoms with Crippen LogP contribution < -0.4 is 19.7 Å². The molecule has 6 nitrogen and oxygen atoms in total. The van der Waals surface area contributed by atoms with E-state index in [1.807, 2.05) is 91.1 Å². The van der Waals surface area contributed by atoms with E-state index in [4.69, 9.17) is 38.3 Å². The number of methoxy groups -OCH3 is 1. The van der Waals surface area contributed by atoms with E-state index in [9.17, 15) is 0 Å². The van der Waals surface area contributed by atoms with Gasteiger partial charge in [-0.25, -0.2) is 0 Å². The topological polar surface area (TPSA) is 51.6 Å². The predicted molar refractivity (Wildman–Crippen MR) is 172 cm³/mol. The number of nitrogens with zero attached hydrogens (tertiary/aromatic N) is 3. The summed E-state index contributed by atoms with van der Waals surface area (Å²) in [5, 5.41) is 4.93. The number of halogens is 1. The van der Waals surface area contributed by atoms with Crippen LogP contribution in [-0.4, -0.2) is 21.8 Å². The number of hydrogen-bond acceptors (Lipinski definition) is 4. The van der Waals surface area contributed by atoms with Crippen molar-refractivity contribution in [3.05, 3.63) is 130 Å². The molecule has 0 spiro atoms. The van der Waals surface area contributed by atoms with Crippen molar-refractivity contribution in [1.82, 2.24) is 14.9 Å². The van der Waals surface area contributed by atoms with Crippen LogP contribution in [0, 0.1) is 20.8 Å². The van der Waals surface area contributed by atoms with Crippen molar-refractivity contribution in [2.45, 2.75) is 32.9 Å². The standard InChI is InChI=1S/C34H31ClN4O2S/c1-21-22(2)38(26-9-7-8-24(35)20-26)23(3)31(21)33-32(30-10-5-6-19-36-30)37-34(42)39(33)25-11-13-28(14-12-25)41-29-17-15-27(40-4)16-18-29/h5-20,32-33H,1-4H3,(H,37,42). The van der Waals surface area contributed by atoms with Gasteiger partial charge < -0.3 is 24.3 Å². The fourth-order valence-electron chi connectivity index (χ4n) is 5.83. The van der Waals surface area contributed by atoms with Gasteiger partial charge >= 0.3 is 0 Å². The first kappa shape index (κ1) is 27.8. The van der Waals surface area contributed by atoms with Gasteiger partial charge in [0.05, 0.1) is 24.9 Å². The van der Waals surface area contributed by atoms with E-state index >= 15 is 0 Å². The van der Waals surface area contributed by atoms with Crippen LogP contribution >= 0.6 is 23.8 Å². The highest BCUT2D eigenvalue weighted by atomic mass is 35.5. The van der Waals surface area contributed by atoms with E-state index in [0.29, 0.717) is 10.1 Å². The average molecular weight is 595 g/mol. The molecule has 0 aliphatic carbocycles. The third kappa shape index (κ3) is 5.10. The lowest BCUT2D eigenvalue weighted by atomic mass is 9.93. The number of benzene rings is 3. The Morgan fingerprint density at radius 1 is 0.810 bits per heavy atom. The molecule has 0 bridgehead atoms. The molecule has 0 saturated carbocycles. The second-order valence-corrected chi connectivity index (χ2v) is 11.1. The molecule has 1 N–H and O–H groups in total. The molecular weight excluding hydrogens is 564 g/mol. The van der Waals surface area contributed by atoms with Crippen LogP contribution in [0.3, 0.4) is 0 Å². The smallest absolute Gasteiger partial charge is 0.174 e. The summed E-state index contributed by atoms with van der Waals surface area (Å²) < 4.78 is 13.6. The Labute approximate surface area is 256 Å². The number of thiocarbonyl (C=S) groups is 1. The van der Waals surface area contributed by atoms with Gasteiger partial charge in [-0.05, 0) is 117 Å². The Morgan fingerprint density at radius 3 is 2.14 bits per heavy atom. The van der Waals surface area contributed by atoms with Crippen molar-refractivity contribution >= 4 is 34.6 Å².